The maximum Gasteiger partial charge on any atom is 0.287 e. The van der Waals surface area contributed by atoms with E-state index in [1.54, 1.807) is 6.07 Å². The van der Waals surface area contributed by atoms with E-state index in [4.69, 9.17) is 4.42 Å². The second kappa shape index (κ2) is 8.99. The lowest BCUT2D eigenvalue weighted by Crippen LogP contribution is -2.38. The average molecular weight is 455 g/mol. The smallest absolute Gasteiger partial charge is 0.287 e. The Morgan fingerprint density at radius 1 is 1.33 bits per heavy atom. The molecule has 2 atom stereocenters. The van der Waals surface area contributed by atoms with Crippen LogP contribution in [0, 0.1) is 11.8 Å². The van der Waals surface area contributed by atoms with Gasteiger partial charge in [0.1, 0.15) is 0 Å². The van der Waals surface area contributed by atoms with Gasteiger partial charge in [-0.2, -0.15) is 0 Å². The van der Waals surface area contributed by atoms with E-state index >= 15 is 0 Å². The standard InChI is InChI=1S/C18H23BrN4O3S/c1-11-5-12(2)8-23(7-11)9-13-10-27-18(21-13)22-16(24)6-20-17(25)14-3-4-15(19)26-14/h3-4,10-12H,5-9H2,1-2H3,(H,20,25)(H,21,22,24)/t11-,12-/m1/s1. The number of aromatic nitrogens is 1. The summed E-state index contributed by atoms with van der Waals surface area (Å²) in [5.41, 5.74) is 0.959. The molecule has 2 amide bonds. The van der Waals surface area contributed by atoms with E-state index in [0.717, 1.165) is 25.3 Å². The molecule has 0 spiro atoms. The molecule has 9 heteroatoms. The van der Waals surface area contributed by atoms with E-state index in [-0.39, 0.29) is 18.2 Å². The number of piperidine rings is 1. The summed E-state index contributed by atoms with van der Waals surface area (Å²) in [6.07, 6.45) is 1.27. The Balaban J connectivity index is 1.45. The second-order valence-electron chi connectivity index (χ2n) is 7.12. The molecule has 3 rings (SSSR count). The van der Waals surface area contributed by atoms with Crippen molar-refractivity contribution >= 4 is 44.2 Å². The molecule has 0 bridgehead atoms. The number of thiazole rings is 1. The molecule has 0 saturated carbocycles. The Morgan fingerprint density at radius 3 is 2.74 bits per heavy atom. The van der Waals surface area contributed by atoms with Crippen molar-refractivity contribution in [2.45, 2.75) is 26.8 Å². The Bertz CT molecular complexity index is 796. The van der Waals surface area contributed by atoms with E-state index < -0.39 is 5.91 Å². The Morgan fingerprint density at radius 2 is 2.07 bits per heavy atom. The maximum absolute atomic E-state index is 12.0. The van der Waals surface area contributed by atoms with Gasteiger partial charge in [-0.3, -0.25) is 14.5 Å². The number of nitrogens with zero attached hydrogens (tertiary/aromatic N) is 2. The van der Waals surface area contributed by atoms with E-state index in [2.05, 4.69) is 50.3 Å². The second-order valence-corrected chi connectivity index (χ2v) is 8.76. The van der Waals surface area contributed by atoms with Crippen LogP contribution in [0.4, 0.5) is 5.13 Å². The van der Waals surface area contributed by atoms with Gasteiger partial charge in [0, 0.05) is 25.0 Å². The molecule has 0 unspecified atom stereocenters. The van der Waals surface area contributed by atoms with E-state index in [9.17, 15) is 9.59 Å². The van der Waals surface area contributed by atoms with Crippen molar-refractivity contribution in [3.8, 4) is 0 Å². The third-order valence-corrected chi connectivity index (χ3v) is 5.57. The normalized spacial score (nSPS) is 20.4. The summed E-state index contributed by atoms with van der Waals surface area (Å²) < 4.78 is 5.61. The minimum absolute atomic E-state index is 0.146. The van der Waals surface area contributed by atoms with Gasteiger partial charge in [0.15, 0.2) is 15.6 Å². The number of carbonyl (C=O) groups excluding carboxylic acids is 2. The predicted octanol–water partition coefficient (Wildman–Crippen LogP) is 3.35. The zero-order chi connectivity index (χ0) is 19.4. The summed E-state index contributed by atoms with van der Waals surface area (Å²) in [5, 5.41) is 7.76. The number of nitrogens with one attached hydrogen (secondary N) is 2. The summed E-state index contributed by atoms with van der Waals surface area (Å²) in [5.74, 6) is 0.783. The highest BCUT2D eigenvalue weighted by molar-refractivity contribution is 9.10. The van der Waals surface area contributed by atoms with E-state index in [1.807, 2.05) is 5.38 Å². The fourth-order valence-corrected chi connectivity index (χ4v) is 4.46. The Labute approximate surface area is 170 Å². The zero-order valence-corrected chi connectivity index (χ0v) is 17.7. The number of rotatable bonds is 6. The molecule has 2 N–H and O–H groups in total. The highest BCUT2D eigenvalue weighted by Gasteiger charge is 2.22. The third-order valence-electron chi connectivity index (χ3n) is 4.33. The number of carbonyl (C=O) groups is 2. The molecule has 0 aliphatic carbocycles. The van der Waals surface area contributed by atoms with Crippen LogP contribution in [-0.2, 0) is 11.3 Å². The molecule has 2 aromatic heterocycles. The van der Waals surface area contributed by atoms with Gasteiger partial charge in [-0.05, 0) is 46.3 Å². The largest absolute Gasteiger partial charge is 0.444 e. The van der Waals surface area contributed by atoms with E-state index in [0.29, 0.717) is 21.6 Å². The minimum atomic E-state index is -0.441. The van der Waals surface area contributed by atoms with Crippen LogP contribution in [0.3, 0.4) is 0 Å². The average Bonchev–Trinajstić information content (AvgIpc) is 3.21. The highest BCUT2D eigenvalue weighted by atomic mass is 79.9. The monoisotopic (exact) mass is 454 g/mol. The predicted molar refractivity (Wildman–Crippen MR) is 108 cm³/mol. The van der Waals surface area contributed by atoms with Crippen LogP contribution in [0.5, 0.6) is 0 Å². The molecule has 0 aromatic carbocycles. The van der Waals surface area contributed by atoms with Crippen molar-refractivity contribution in [2.24, 2.45) is 11.8 Å². The van der Waals surface area contributed by atoms with Crippen LogP contribution in [0.25, 0.3) is 0 Å². The molecule has 1 aliphatic rings. The zero-order valence-electron chi connectivity index (χ0n) is 15.3. The lowest BCUT2D eigenvalue weighted by atomic mass is 9.92. The van der Waals surface area contributed by atoms with Crippen molar-refractivity contribution < 1.29 is 14.0 Å². The molecule has 0 radical (unpaired) electrons. The van der Waals surface area contributed by atoms with E-state index in [1.165, 1.54) is 23.8 Å². The van der Waals surface area contributed by atoms with Crippen LogP contribution >= 0.6 is 27.3 Å². The lowest BCUT2D eigenvalue weighted by Gasteiger charge is -2.34. The molecule has 1 aliphatic heterocycles. The molecule has 2 aromatic rings. The summed E-state index contributed by atoms with van der Waals surface area (Å²) in [7, 11) is 0. The molecule has 7 nitrogen and oxygen atoms in total. The Kier molecular flexibility index (Phi) is 6.67. The lowest BCUT2D eigenvalue weighted by molar-refractivity contribution is -0.115. The Hall–Kier alpha value is -1.71. The van der Waals surface area contributed by atoms with Gasteiger partial charge in [0.05, 0.1) is 12.2 Å². The SMILES string of the molecule is C[C@@H]1C[C@@H](C)CN(Cc2csc(NC(=O)CNC(=O)c3ccc(Br)o3)n2)C1. The van der Waals surface area contributed by atoms with Gasteiger partial charge >= 0.3 is 0 Å². The molecule has 146 valence electrons. The number of anilines is 1. The third kappa shape index (κ3) is 5.88. The van der Waals surface area contributed by atoms with Crippen LogP contribution in [-0.4, -0.2) is 41.3 Å². The first-order valence-electron chi connectivity index (χ1n) is 8.89. The van der Waals surface area contributed by atoms with Gasteiger partial charge < -0.3 is 15.1 Å². The summed E-state index contributed by atoms with van der Waals surface area (Å²) >= 11 is 4.53. The number of hydrogen-bond acceptors (Lipinski definition) is 6. The van der Waals surface area contributed by atoms with Crippen molar-refractivity contribution in [1.82, 2.24) is 15.2 Å². The first kappa shape index (κ1) is 20.0. The van der Waals surface area contributed by atoms with Crippen molar-refractivity contribution in [3.05, 3.63) is 33.6 Å². The number of likely N-dealkylation sites (tertiary alicyclic amines) is 1. The van der Waals surface area contributed by atoms with Crippen molar-refractivity contribution in [1.29, 1.82) is 0 Å². The topological polar surface area (TPSA) is 87.5 Å². The fraction of sp³-hybridized carbons (Fsp3) is 0.500. The first-order valence-corrected chi connectivity index (χ1v) is 10.6. The van der Waals surface area contributed by atoms with Gasteiger partial charge in [-0.25, -0.2) is 4.98 Å². The number of hydrogen-bond donors (Lipinski definition) is 2. The molecule has 1 saturated heterocycles. The quantitative estimate of drug-likeness (QED) is 0.698. The van der Waals surface area contributed by atoms with Gasteiger partial charge in [-0.15, -0.1) is 11.3 Å². The molecular weight excluding hydrogens is 432 g/mol. The number of halogens is 1. The fourth-order valence-electron chi connectivity index (χ4n) is 3.43. The van der Waals surface area contributed by atoms with Crippen LogP contribution in [0.2, 0.25) is 0 Å². The first-order chi connectivity index (χ1) is 12.9. The molecule has 1 fully saturated rings. The molecular formula is C18H23BrN4O3S. The summed E-state index contributed by atoms with van der Waals surface area (Å²) in [6.45, 7) is 7.38. The minimum Gasteiger partial charge on any atom is -0.444 e. The van der Waals surface area contributed by atoms with Crippen LogP contribution in [0.1, 0.15) is 36.5 Å². The van der Waals surface area contributed by atoms with Crippen LogP contribution in [0.15, 0.2) is 26.6 Å². The molecule has 27 heavy (non-hydrogen) atoms. The highest BCUT2D eigenvalue weighted by Crippen LogP contribution is 2.24. The van der Waals surface area contributed by atoms with Gasteiger partial charge in [0.2, 0.25) is 5.91 Å². The van der Waals surface area contributed by atoms with Crippen molar-refractivity contribution in [3.63, 3.8) is 0 Å². The summed E-state index contributed by atoms with van der Waals surface area (Å²) in [6, 6.07) is 3.16. The van der Waals surface area contributed by atoms with Gasteiger partial charge in [0.25, 0.3) is 5.91 Å². The van der Waals surface area contributed by atoms with Crippen molar-refractivity contribution in [2.75, 3.05) is 25.0 Å². The number of amides is 2. The number of furan rings is 1. The molecule has 3 heterocycles. The summed E-state index contributed by atoms with van der Waals surface area (Å²) in [4.78, 5) is 30.8. The van der Waals surface area contributed by atoms with Crippen LogP contribution < -0.4 is 10.6 Å². The maximum atomic E-state index is 12.0. The van der Waals surface area contributed by atoms with Gasteiger partial charge in [-0.1, -0.05) is 13.8 Å².